The van der Waals surface area contributed by atoms with Crippen LogP contribution in [-0.4, -0.2) is 97.4 Å². The SMILES string of the molecule is CC(C)(C)OC(=O)NC1COCCC/C=C/C2CC2(C(=O)NS(=O)(=O)C2CC2)NC(=O)C2CC(OC(=O)c3ccc(Oc4ccccc4)cc3)CN2C1=O. The van der Waals surface area contributed by atoms with Crippen LogP contribution in [0.15, 0.2) is 66.7 Å². The number of nitrogens with one attached hydrogen (secondary N) is 3. The van der Waals surface area contributed by atoms with Gasteiger partial charge < -0.3 is 34.5 Å². The van der Waals surface area contributed by atoms with Crippen LogP contribution in [0.5, 0.6) is 11.5 Å². The van der Waals surface area contributed by atoms with Crippen LogP contribution in [0.4, 0.5) is 4.79 Å². The van der Waals surface area contributed by atoms with Gasteiger partial charge in [0.15, 0.2) is 0 Å². The fourth-order valence-corrected chi connectivity index (χ4v) is 7.80. The molecule has 0 radical (unpaired) electrons. The van der Waals surface area contributed by atoms with Gasteiger partial charge >= 0.3 is 12.1 Å². The molecule has 0 bridgehead atoms. The Morgan fingerprint density at radius 1 is 1.00 bits per heavy atom. The van der Waals surface area contributed by atoms with Gasteiger partial charge in [-0.25, -0.2) is 18.0 Å². The molecule has 3 N–H and O–H groups in total. The monoisotopic (exact) mass is 766 g/mol. The molecule has 4 aliphatic rings. The molecular weight excluding hydrogens is 721 g/mol. The zero-order chi connectivity index (χ0) is 38.7. The van der Waals surface area contributed by atoms with E-state index < -0.39 is 80.3 Å². The minimum absolute atomic E-state index is 0.142. The summed E-state index contributed by atoms with van der Waals surface area (Å²) < 4.78 is 50.5. The van der Waals surface area contributed by atoms with Gasteiger partial charge in [-0.3, -0.25) is 19.1 Å². The summed E-state index contributed by atoms with van der Waals surface area (Å²) in [5, 5.41) is 4.67. The molecule has 4 amide bonds. The zero-order valence-electron chi connectivity index (χ0n) is 30.4. The predicted octanol–water partition coefficient (Wildman–Crippen LogP) is 3.35. The molecule has 0 aromatic heterocycles. The smallest absolute Gasteiger partial charge is 0.408 e. The number of esters is 1. The lowest BCUT2D eigenvalue weighted by molar-refractivity contribution is -0.142. The number of sulfonamides is 1. The third-order valence-corrected chi connectivity index (χ3v) is 11.3. The van der Waals surface area contributed by atoms with Gasteiger partial charge in [-0.05, 0) is 89.3 Å². The summed E-state index contributed by atoms with van der Waals surface area (Å²) in [5.74, 6) is -2.39. The maximum atomic E-state index is 14.2. The lowest BCUT2D eigenvalue weighted by Crippen LogP contribution is -2.59. The summed E-state index contributed by atoms with van der Waals surface area (Å²) in [4.78, 5) is 69.4. The van der Waals surface area contributed by atoms with Crippen LogP contribution < -0.4 is 20.1 Å². The molecule has 2 saturated carbocycles. The van der Waals surface area contributed by atoms with Gasteiger partial charge in [0.25, 0.3) is 5.91 Å². The second kappa shape index (κ2) is 15.8. The number of hydrogen-bond donors (Lipinski definition) is 3. The summed E-state index contributed by atoms with van der Waals surface area (Å²) in [6.07, 6.45) is 3.75. The first-order chi connectivity index (χ1) is 25.6. The van der Waals surface area contributed by atoms with E-state index in [1.807, 2.05) is 24.3 Å². The predicted molar refractivity (Wildman–Crippen MR) is 194 cm³/mol. The first-order valence-corrected chi connectivity index (χ1v) is 19.6. The van der Waals surface area contributed by atoms with E-state index in [0.717, 1.165) is 0 Å². The molecule has 3 fully saturated rings. The maximum Gasteiger partial charge on any atom is 0.408 e. The third kappa shape index (κ3) is 9.58. The van der Waals surface area contributed by atoms with E-state index in [9.17, 15) is 32.4 Å². The molecule has 5 unspecified atom stereocenters. The number of hydrogen-bond acceptors (Lipinski definition) is 11. The minimum atomic E-state index is -3.93. The summed E-state index contributed by atoms with van der Waals surface area (Å²) in [6, 6.07) is 12.9. The van der Waals surface area contributed by atoms with E-state index in [4.69, 9.17) is 18.9 Å². The van der Waals surface area contributed by atoms with Crippen LogP contribution in [0.25, 0.3) is 0 Å². The Morgan fingerprint density at radius 3 is 2.39 bits per heavy atom. The molecule has 15 nitrogen and oxygen atoms in total. The van der Waals surface area contributed by atoms with Crippen molar-refractivity contribution >= 4 is 39.8 Å². The number of alkyl carbamates (subject to hydrolysis) is 1. The van der Waals surface area contributed by atoms with Crippen molar-refractivity contribution in [2.75, 3.05) is 19.8 Å². The van der Waals surface area contributed by atoms with Gasteiger partial charge in [0, 0.05) is 18.9 Å². The number of para-hydroxylation sites is 1. The van der Waals surface area contributed by atoms with E-state index >= 15 is 0 Å². The van der Waals surface area contributed by atoms with Crippen molar-refractivity contribution in [3.8, 4) is 11.5 Å². The van der Waals surface area contributed by atoms with Crippen molar-refractivity contribution in [1.82, 2.24) is 20.3 Å². The average molecular weight is 767 g/mol. The lowest BCUT2D eigenvalue weighted by Gasteiger charge is -2.30. The highest BCUT2D eigenvalue weighted by molar-refractivity contribution is 7.91. The Balaban J connectivity index is 1.23. The van der Waals surface area contributed by atoms with Crippen molar-refractivity contribution in [2.45, 2.75) is 93.9 Å². The second-order valence-corrected chi connectivity index (χ2v) is 17.0. The van der Waals surface area contributed by atoms with Gasteiger partial charge in [-0.2, -0.15) is 0 Å². The van der Waals surface area contributed by atoms with E-state index in [2.05, 4.69) is 15.4 Å². The third-order valence-electron chi connectivity index (χ3n) is 9.46. The Labute approximate surface area is 314 Å². The fraction of sp³-hybridized carbons (Fsp3) is 0.500. The molecule has 0 spiro atoms. The topological polar surface area (TPSA) is 196 Å². The van der Waals surface area contributed by atoms with E-state index in [1.54, 1.807) is 51.1 Å². The normalized spacial score (nSPS) is 26.8. The van der Waals surface area contributed by atoms with Gasteiger partial charge in [-0.1, -0.05) is 30.4 Å². The molecule has 2 aromatic rings. The zero-order valence-corrected chi connectivity index (χ0v) is 31.3. The Kier molecular flexibility index (Phi) is 11.3. The average Bonchev–Trinajstić information content (AvgIpc) is 4.04. The van der Waals surface area contributed by atoms with E-state index in [-0.39, 0.29) is 38.2 Å². The number of amides is 4. The Hall–Kier alpha value is -4.96. The number of nitrogens with zero attached hydrogens (tertiary/aromatic N) is 1. The Morgan fingerprint density at radius 2 is 1.70 bits per heavy atom. The molecule has 5 atom stereocenters. The second-order valence-electron chi connectivity index (χ2n) is 15.0. The highest BCUT2D eigenvalue weighted by Crippen LogP contribution is 2.46. The molecule has 54 heavy (non-hydrogen) atoms. The molecule has 290 valence electrons. The summed E-state index contributed by atoms with van der Waals surface area (Å²) >= 11 is 0. The van der Waals surface area contributed by atoms with Crippen molar-refractivity contribution in [2.24, 2.45) is 5.92 Å². The van der Waals surface area contributed by atoms with Crippen molar-refractivity contribution in [3.05, 3.63) is 72.3 Å². The van der Waals surface area contributed by atoms with Crippen LogP contribution in [0.1, 0.15) is 69.7 Å². The van der Waals surface area contributed by atoms with Gasteiger partial charge in [-0.15, -0.1) is 0 Å². The Bertz CT molecular complexity index is 1880. The summed E-state index contributed by atoms with van der Waals surface area (Å²) in [7, 11) is -3.93. The van der Waals surface area contributed by atoms with Crippen molar-refractivity contribution < 1.29 is 51.3 Å². The number of fused-ring (bicyclic) bond motifs is 2. The molecule has 2 heterocycles. The number of benzene rings is 2. The first kappa shape index (κ1) is 38.8. The van der Waals surface area contributed by atoms with Crippen LogP contribution in [0.2, 0.25) is 0 Å². The molecule has 1 saturated heterocycles. The number of allylic oxidation sites excluding steroid dienone is 1. The maximum absolute atomic E-state index is 14.2. The number of carbonyl (C=O) groups is 5. The molecule has 16 heteroatoms. The highest BCUT2D eigenvalue weighted by atomic mass is 32.2. The van der Waals surface area contributed by atoms with E-state index in [1.165, 1.54) is 17.0 Å². The summed E-state index contributed by atoms with van der Waals surface area (Å²) in [6.45, 7) is 4.80. The molecule has 2 aliphatic carbocycles. The molecular formula is C38H46N4O11S. The highest BCUT2D eigenvalue weighted by Gasteiger charge is 2.62. The van der Waals surface area contributed by atoms with E-state index in [0.29, 0.717) is 37.2 Å². The van der Waals surface area contributed by atoms with Crippen molar-refractivity contribution in [3.63, 3.8) is 0 Å². The van der Waals surface area contributed by atoms with Gasteiger partial charge in [0.2, 0.25) is 21.8 Å². The molecule has 2 aromatic carbocycles. The van der Waals surface area contributed by atoms with Crippen LogP contribution in [0.3, 0.4) is 0 Å². The molecule has 2 aliphatic heterocycles. The standard InChI is InChI=1S/C38H46N4O11S/c1-37(2,3)53-36(47)39-30-23-50-19-9-5-6-10-25-21-38(25,35(46)41-54(48,49)29-17-18-29)40-32(43)31-20-28(22-42(31)33(30)44)52-34(45)24-13-15-27(16-14-24)51-26-11-7-4-8-12-26/h4,6-8,10-16,25,28-31H,5,9,17-23H2,1-3H3,(H,39,47)(H,40,43)(H,41,46)/b10-6+. The number of carbonyl (C=O) groups excluding carboxylic acids is 5. The van der Waals surface area contributed by atoms with Crippen molar-refractivity contribution in [1.29, 1.82) is 0 Å². The fourth-order valence-electron chi connectivity index (χ4n) is 6.43. The summed E-state index contributed by atoms with van der Waals surface area (Å²) in [5.41, 5.74) is -2.24. The number of rotatable bonds is 8. The van der Waals surface area contributed by atoms with Crippen LogP contribution >= 0.6 is 0 Å². The first-order valence-electron chi connectivity index (χ1n) is 18.1. The van der Waals surface area contributed by atoms with Crippen LogP contribution in [0, 0.1) is 5.92 Å². The lowest BCUT2D eigenvalue weighted by atomic mass is 10.1. The van der Waals surface area contributed by atoms with Gasteiger partial charge in [0.1, 0.15) is 40.8 Å². The number of ether oxygens (including phenoxy) is 4. The minimum Gasteiger partial charge on any atom is -0.457 e. The largest absolute Gasteiger partial charge is 0.457 e. The van der Waals surface area contributed by atoms with Gasteiger partial charge in [0.05, 0.1) is 24.0 Å². The van der Waals surface area contributed by atoms with Crippen LogP contribution in [-0.2, 0) is 38.6 Å². The quantitative estimate of drug-likeness (QED) is 0.263. The molecule has 6 rings (SSSR count).